The highest BCUT2D eigenvalue weighted by Gasteiger charge is 2.15. The highest BCUT2D eigenvalue weighted by atomic mass is 16.6. The van der Waals surface area contributed by atoms with Gasteiger partial charge in [-0.05, 0) is 52.7 Å². The van der Waals surface area contributed by atoms with Crippen LogP contribution in [0.1, 0.15) is 21.5 Å². The van der Waals surface area contributed by atoms with Crippen LogP contribution < -0.4 is 15.5 Å². The lowest BCUT2D eigenvalue weighted by atomic mass is 10.0. The van der Waals surface area contributed by atoms with Crippen LogP contribution in [0.5, 0.6) is 5.75 Å². The lowest BCUT2D eigenvalue weighted by Crippen LogP contribution is -2.32. The van der Waals surface area contributed by atoms with Crippen molar-refractivity contribution in [1.29, 1.82) is 0 Å². The second kappa shape index (κ2) is 11.4. The summed E-state index contributed by atoms with van der Waals surface area (Å²) in [6.45, 7) is 0. The summed E-state index contributed by atoms with van der Waals surface area (Å²) < 4.78 is 5.45. The van der Waals surface area contributed by atoms with Gasteiger partial charge in [0.15, 0.2) is 0 Å². The highest BCUT2D eigenvalue weighted by molar-refractivity contribution is 6.06. The van der Waals surface area contributed by atoms with E-state index in [4.69, 9.17) is 4.74 Å². The van der Waals surface area contributed by atoms with Crippen molar-refractivity contribution < 1.29 is 19.2 Å². The van der Waals surface area contributed by atoms with Crippen LogP contribution in [0.25, 0.3) is 16.8 Å². The Morgan fingerprint density at radius 2 is 1.62 bits per heavy atom. The van der Waals surface area contributed by atoms with Crippen molar-refractivity contribution in [2.24, 2.45) is 5.10 Å². The molecule has 37 heavy (non-hydrogen) atoms. The van der Waals surface area contributed by atoms with Gasteiger partial charge in [0.25, 0.3) is 17.5 Å². The number of carbonyl (C=O) groups excluding carboxylic acids is 2. The Kier molecular flexibility index (Phi) is 7.65. The molecule has 9 heteroatoms. The molecule has 4 aromatic rings. The van der Waals surface area contributed by atoms with Gasteiger partial charge < -0.3 is 10.1 Å². The number of methoxy groups -OCH3 is 1. The van der Waals surface area contributed by atoms with Crippen molar-refractivity contribution >= 4 is 40.6 Å². The fourth-order valence-electron chi connectivity index (χ4n) is 3.60. The van der Waals surface area contributed by atoms with Crippen LogP contribution in [0.15, 0.2) is 102 Å². The first kappa shape index (κ1) is 24.8. The standard InChI is InChI=1S/C28H22N4O5/c1-37-26-16-13-20-7-5-6-10-23(20)24(26)18-29-31-28(34)25(30-27(33)21-8-3-2-4-9-21)17-19-11-14-22(15-12-19)32(35)36/h2-18H,1H3,(H,30,33)(H,31,34). The highest BCUT2D eigenvalue weighted by Crippen LogP contribution is 2.26. The zero-order valence-corrected chi connectivity index (χ0v) is 19.8. The first-order valence-electron chi connectivity index (χ1n) is 11.2. The Bertz CT molecular complexity index is 1510. The van der Waals surface area contributed by atoms with Crippen molar-refractivity contribution in [3.8, 4) is 5.75 Å². The Morgan fingerprint density at radius 1 is 0.919 bits per heavy atom. The molecule has 2 N–H and O–H groups in total. The molecular formula is C28H22N4O5. The molecule has 0 atom stereocenters. The summed E-state index contributed by atoms with van der Waals surface area (Å²) in [6.07, 6.45) is 2.88. The minimum Gasteiger partial charge on any atom is -0.496 e. The molecule has 4 aromatic carbocycles. The molecule has 0 aliphatic rings. The van der Waals surface area contributed by atoms with Gasteiger partial charge in [0, 0.05) is 23.3 Å². The maximum atomic E-state index is 13.1. The third-order valence-electron chi connectivity index (χ3n) is 5.45. The van der Waals surface area contributed by atoms with E-state index >= 15 is 0 Å². The van der Waals surface area contributed by atoms with E-state index in [1.165, 1.54) is 36.6 Å². The summed E-state index contributed by atoms with van der Waals surface area (Å²) in [5.41, 5.74) is 3.76. The van der Waals surface area contributed by atoms with Gasteiger partial charge in [-0.15, -0.1) is 0 Å². The quantitative estimate of drug-likeness (QED) is 0.159. The predicted molar refractivity (Wildman–Crippen MR) is 141 cm³/mol. The molecule has 0 aliphatic carbocycles. The van der Waals surface area contributed by atoms with Gasteiger partial charge in [0.2, 0.25) is 0 Å². The van der Waals surface area contributed by atoms with Crippen molar-refractivity contribution in [3.63, 3.8) is 0 Å². The Balaban J connectivity index is 1.61. The normalized spacial score (nSPS) is 11.3. The molecule has 0 heterocycles. The average molecular weight is 495 g/mol. The average Bonchev–Trinajstić information content (AvgIpc) is 2.93. The zero-order valence-electron chi connectivity index (χ0n) is 19.8. The van der Waals surface area contributed by atoms with Gasteiger partial charge in [0.1, 0.15) is 11.4 Å². The van der Waals surface area contributed by atoms with Gasteiger partial charge in [-0.25, -0.2) is 5.43 Å². The molecule has 0 fully saturated rings. The number of hydrazone groups is 1. The Morgan fingerprint density at radius 3 is 2.32 bits per heavy atom. The molecule has 2 amide bonds. The first-order chi connectivity index (χ1) is 18.0. The molecule has 4 rings (SSSR count). The topological polar surface area (TPSA) is 123 Å². The molecule has 0 spiro atoms. The third-order valence-corrected chi connectivity index (χ3v) is 5.45. The number of non-ortho nitro benzene ring substituents is 1. The fraction of sp³-hybridized carbons (Fsp3) is 0.0357. The molecule has 0 bridgehead atoms. The SMILES string of the molecule is COc1ccc2ccccc2c1C=NNC(=O)C(=Cc1ccc([N+](=O)[O-])cc1)NC(=O)c1ccccc1. The van der Waals surface area contributed by atoms with Crippen molar-refractivity contribution in [3.05, 3.63) is 123 Å². The van der Waals surface area contributed by atoms with Gasteiger partial charge in [0.05, 0.1) is 18.2 Å². The van der Waals surface area contributed by atoms with Gasteiger partial charge in [-0.3, -0.25) is 19.7 Å². The van der Waals surface area contributed by atoms with Crippen molar-refractivity contribution in [1.82, 2.24) is 10.7 Å². The van der Waals surface area contributed by atoms with E-state index in [2.05, 4.69) is 15.8 Å². The van der Waals surface area contributed by atoms with Crippen LogP contribution in [0.4, 0.5) is 5.69 Å². The zero-order chi connectivity index (χ0) is 26.2. The summed E-state index contributed by atoms with van der Waals surface area (Å²) in [4.78, 5) is 36.2. The second-order valence-electron chi connectivity index (χ2n) is 7.83. The summed E-state index contributed by atoms with van der Waals surface area (Å²) in [6, 6.07) is 25.4. The van der Waals surface area contributed by atoms with E-state index < -0.39 is 16.7 Å². The number of hydrogen-bond acceptors (Lipinski definition) is 6. The number of rotatable bonds is 8. The molecule has 0 aromatic heterocycles. The minimum atomic E-state index is -0.682. The van der Waals surface area contributed by atoms with E-state index in [0.717, 1.165) is 10.8 Å². The predicted octanol–water partition coefficient (Wildman–Crippen LogP) is 4.68. The number of nitrogens with one attached hydrogen (secondary N) is 2. The Labute approximate surface area is 212 Å². The smallest absolute Gasteiger partial charge is 0.287 e. The molecule has 0 unspecified atom stereocenters. The molecule has 0 radical (unpaired) electrons. The van der Waals surface area contributed by atoms with Crippen LogP contribution in [0.3, 0.4) is 0 Å². The number of carbonyl (C=O) groups is 2. The van der Waals surface area contributed by atoms with E-state index in [-0.39, 0.29) is 11.4 Å². The van der Waals surface area contributed by atoms with Crippen LogP contribution in [-0.2, 0) is 4.79 Å². The number of amides is 2. The molecule has 9 nitrogen and oxygen atoms in total. The van der Waals surface area contributed by atoms with E-state index in [9.17, 15) is 19.7 Å². The van der Waals surface area contributed by atoms with Crippen LogP contribution in [-0.4, -0.2) is 30.1 Å². The van der Waals surface area contributed by atoms with Crippen molar-refractivity contribution in [2.45, 2.75) is 0 Å². The van der Waals surface area contributed by atoms with Crippen LogP contribution in [0, 0.1) is 10.1 Å². The largest absolute Gasteiger partial charge is 0.496 e. The summed E-state index contributed by atoms with van der Waals surface area (Å²) in [7, 11) is 1.55. The maximum Gasteiger partial charge on any atom is 0.287 e. The van der Waals surface area contributed by atoms with Gasteiger partial charge in [-0.2, -0.15) is 5.10 Å². The fourth-order valence-corrected chi connectivity index (χ4v) is 3.60. The maximum absolute atomic E-state index is 13.1. The summed E-state index contributed by atoms with van der Waals surface area (Å²) in [5.74, 6) is -0.600. The number of nitro benzene ring substituents is 1. The molecule has 0 saturated carbocycles. The summed E-state index contributed by atoms with van der Waals surface area (Å²) >= 11 is 0. The lowest BCUT2D eigenvalue weighted by molar-refractivity contribution is -0.384. The first-order valence-corrected chi connectivity index (χ1v) is 11.2. The minimum absolute atomic E-state index is 0.0925. The van der Waals surface area contributed by atoms with Crippen LogP contribution >= 0.6 is 0 Å². The lowest BCUT2D eigenvalue weighted by Gasteiger charge is -2.10. The molecular weight excluding hydrogens is 472 g/mol. The molecule has 184 valence electrons. The number of ether oxygens (including phenoxy) is 1. The number of nitro groups is 1. The number of benzene rings is 4. The monoisotopic (exact) mass is 494 g/mol. The number of hydrogen-bond donors (Lipinski definition) is 2. The second-order valence-corrected chi connectivity index (χ2v) is 7.83. The van der Waals surface area contributed by atoms with Gasteiger partial charge in [-0.1, -0.05) is 48.5 Å². The van der Waals surface area contributed by atoms with Crippen molar-refractivity contribution in [2.75, 3.05) is 7.11 Å². The van der Waals surface area contributed by atoms with Crippen LogP contribution in [0.2, 0.25) is 0 Å². The molecule has 0 aliphatic heterocycles. The number of nitrogens with zero attached hydrogens (tertiary/aromatic N) is 2. The van der Waals surface area contributed by atoms with E-state index in [1.807, 2.05) is 36.4 Å². The van der Waals surface area contributed by atoms with E-state index in [1.54, 1.807) is 37.4 Å². The summed E-state index contributed by atoms with van der Waals surface area (Å²) in [5, 5.41) is 19.5. The Hall–Kier alpha value is -5.31. The number of fused-ring (bicyclic) bond motifs is 1. The third kappa shape index (κ3) is 6.04. The molecule has 0 saturated heterocycles. The van der Waals surface area contributed by atoms with Gasteiger partial charge >= 0.3 is 0 Å². The van der Waals surface area contributed by atoms with E-state index in [0.29, 0.717) is 22.4 Å².